The Morgan fingerprint density at radius 2 is 1.93 bits per heavy atom. The summed E-state index contributed by atoms with van der Waals surface area (Å²) >= 11 is 1.29. The van der Waals surface area contributed by atoms with Gasteiger partial charge in [-0.25, -0.2) is 14.8 Å². The Bertz CT molecular complexity index is 1190. The Hall–Kier alpha value is -3.45. The van der Waals surface area contributed by atoms with Gasteiger partial charge < -0.3 is 15.2 Å². The van der Waals surface area contributed by atoms with Gasteiger partial charge in [-0.15, -0.1) is 11.3 Å². The lowest BCUT2D eigenvalue weighted by Gasteiger charge is -2.10. The highest BCUT2D eigenvalue weighted by atomic mass is 32.1. The molecule has 0 saturated carbocycles. The van der Waals surface area contributed by atoms with Crippen LogP contribution in [-0.4, -0.2) is 21.0 Å². The van der Waals surface area contributed by atoms with Crippen molar-refractivity contribution in [3.8, 4) is 5.75 Å². The number of phenolic OH excluding ortho intramolecular Hbond substituents is 1. The molecule has 4 rings (SSSR count). The minimum absolute atomic E-state index is 0.205. The number of hydrogen-bond acceptors (Lipinski definition) is 7. The highest BCUT2D eigenvalue weighted by Crippen LogP contribution is 2.35. The fraction of sp³-hybridized carbons (Fsp3) is 0.136. The number of anilines is 2. The highest BCUT2D eigenvalue weighted by Gasteiger charge is 2.21. The predicted octanol–water partition coefficient (Wildman–Crippen LogP) is 5.11. The van der Waals surface area contributed by atoms with Gasteiger partial charge in [-0.2, -0.15) is 0 Å². The summed E-state index contributed by atoms with van der Waals surface area (Å²) in [6.07, 6.45) is 1.47. The van der Waals surface area contributed by atoms with Crippen molar-refractivity contribution in [1.29, 1.82) is 0 Å². The molecule has 2 heterocycles. The average Bonchev–Trinajstić information content (AvgIpc) is 3.07. The molecular weight excluding hydrogens is 386 g/mol. The molecule has 0 aliphatic rings. The number of benzene rings is 2. The van der Waals surface area contributed by atoms with Crippen molar-refractivity contribution < 1.29 is 14.6 Å². The van der Waals surface area contributed by atoms with E-state index in [1.807, 2.05) is 44.2 Å². The molecule has 2 aromatic carbocycles. The summed E-state index contributed by atoms with van der Waals surface area (Å²) in [5.41, 5.74) is 3.42. The lowest BCUT2D eigenvalue weighted by atomic mass is 10.1. The second kappa shape index (κ2) is 7.89. The van der Waals surface area contributed by atoms with Gasteiger partial charge in [0.25, 0.3) is 0 Å². The zero-order valence-electron chi connectivity index (χ0n) is 16.0. The third-order valence-electron chi connectivity index (χ3n) is 4.59. The van der Waals surface area contributed by atoms with E-state index in [1.165, 1.54) is 17.7 Å². The third kappa shape index (κ3) is 3.90. The zero-order chi connectivity index (χ0) is 20.4. The van der Waals surface area contributed by atoms with E-state index in [-0.39, 0.29) is 18.3 Å². The summed E-state index contributed by atoms with van der Waals surface area (Å²) in [5, 5.41) is 13.7. The van der Waals surface area contributed by atoms with Gasteiger partial charge in [0.15, 0.2) is 0 Å². The van der Waals surface area contributed by atoms with Gasteiger partial charge in [0.05, 0.1) is 5.39 Å². The van der Waals surface area contributed by atoms with Crippen molar-refractivity contribution in [1.82, 2.24) is 9.97 Å². The van der Waals surface area contributed by atoms with Gasteiger partial charge in [-0.1, -0.05) is 30.3 Å². The first kappa shape index (κ1) is 18.9. The number of nitrogens with zero attached hydrogens (tertiary/aromatic N) is 2. The molecule has 0 fully saturated rings. The molecule has 0 aliphatic heterocycles. The topological polar surface area (TPSA) is 84.3 Å². The lowest BCUT2D eigenvalue weighted by molar-refractivity contribution is 0.0478. The fourth-order valence-electron chi connectivity index (χ4n) is 3.07. The minimum atomic E-state index is -0.374. The number of nitrogens with one attached hydrogen (secondary N) is 1. The van der Waals surface area contributed by atoms with Crippen LogP contribution in [0.2, 0.25) is 0 Å². The molecule has 2 aromatic heterocycles. The van der Waals surface area contributed by atoms with Crippen LogP contribution in [-0.2, 0) is 11.3 Å². The maximum Gasteiger partial charge on any atom is 0.349 e. The Balaban J connectivity index is 1.63. The molecule has 0 unspecified atom stereocenters. The van der Waals surface area contributed by atoms with Crippen LogP contribution in [0.5, 0.6) is 5.75 Å². The van der Waals surface area contributed by atoms with Gasteiger partial charge in [-0.3, -0.25) is 0 Å². The van der Waals surface area contributed by atoms with Crippen molar-refractivity contribution in [2.75, 3.05) is 5.32 Å². The molecule has 0 aliphatic carbocycles. The quantitative estimate of drug-likeness (QED) is 0.354. The van der Waals surface area contributed by atoms with Crippen LogP contribution in [0, 0.1) is 13.8 Å². The number of aromatic nitrogens is 2. The van der Waals surface area contributed by atoms with E-state index < -0.39 is 0 Å². The molecule has 146 valence electrons. The van der Waals surface area contributed by atoms with Gasteiger partial charge in [0.1, 0.15) is 34.2 Å². The SMILES string of the molecule is Cc1cc(O)ccc1Nc1ncnc2sc(C(=O)OCc3ccccc3)c(C)c12. The summed E-state index contributed by atoms with van der Waals surface area (Å²) < 4.78 is 5.49. The number of hydrogen-bond donors (Lipinski definition) is 2. The molecule has 0 amide bonds. The van der Waals surface area contributed by atoms with Gasteiger partial charge >= 0.3 is 5.97 Å². The first-order chi connectivity index (χ1) is 14.0. The number of rotatable bonds is 5. The van der Waals surface area contributed by atoms with Gasteiger partial charge in [0, 0.05) is 5.69 Å². The molecule has 29 heavy (non-hydrogen) atoms. The van der Waals surface area contributed by atoms with Crippen molar-refractivity contribution >= 4 is 39.0 Å². The summed E-state index contributed by atoms with van der Waals surface area (Å²) in [5.74, 6) is 0.441. The van der Waals surface area contributed by atoms with Gasteiger partial charge in [0.2, 0.25) is 0 Å². The zero-order valence-corrected chi connectivity index (χ0v) is 16.8. The Kier molecular flexibility index (Phi) is 5.14. The second-order valence-corrected chi connectivity index (χ2v) is 7.64. The number of thiophene rings is 1. The van der Waals surface area contributed by atoms with E-state index in [4.69, 9.17) is 4.74 Å². The maximum absolute atomic E-state index is 12.7. The molecule has 0 atom stereocenters. The Morgan fingerprint density at radius 1 is 1.14 bits per heavy atom. The molecule has 0 saturated heterocycles. The van der Waals surface area contributed by atoms with Crippen LogP contribution in [0.4, 0.5) is 11.5 Å². The largest absolute Gasteiger partial charge is 0.508 e. The smallest absolute Gasteiger partial charge is 0.349 e. The van der Waals surface area contributed by atoms with Gasteiger partial charge in [-0.05, 0) is 48.7 Å². The number of aryl methyl sites for hydroxylation is 2. The number of carbonyl (C=O) groups is 1. The molecule has 7 heteroatoms. The number of ether oxygens (including phenoxy) is 1. The second-order valence-electron chi connectivity index (χ2n) is 6.64. The van der Waals surface area contributed by atoms with E-state index in [0.717, 1.165) is 27.8 Å². The van der Waals surface area contributed by atoms with Crippen LogP contribution < -0.4 is 5.32 Å². The van der Waals surface area contributed by atoms with Crippen molar-refractivity contribution in [3.05, 3.63) is 76.4 Å². The number of carbonyl (C=O) groups excluding carboxylic acids is 1. The van der Waals surface area contributed by atoms with E-state index in [1.54, 1.807) is 18.2 Å². The van der Waals surface area contributed by atoms with E-state index in [9.17, 15) is 9.90 Å². The van der Waals surface area contributed by atoms with E-state index >= 15 is 0 Å². The standard InChI is InChI=1S/C22H19N3O3S/c1-13-10-16(26)8-9-17(13)25-20-18-14(2)19(29-21(18)24-12-23-20)22(27)28-11-15-6-4-3-5-7-15/h3-10,12,26H,11H2,1-2H3,(H,23,24,25). The van der Waals surface area contributed by atoms with Crippen LogP contribution in [0.1, 0.15) is 26.4 Å². The Labute approximate surface area is 171 Å². The summed E-state index contributed by atoms with van der Waals surface area (Å²) in [7, 11) is 0. The molecule has 6 nitrogen and oxygen atoms in total. The first-order valence-electron chi connectivity index (χ1n) is 9.04. The van der Waals surface area contributed by atoms with Crippen LogP contribution in [0.3, 0.4) is 0 Å². The molecule has 2 N–H and O–H groups in total. The molecule has 0 radical (unpaired) electrons. The fourth-order valence-corrected chi connectivity index (χ4v) is 4.11. The number of fused-ring (bicyclic) bond motifs is 1. The third-order valence-corrected chi connectivity index (χ3v) is 5.77. The van der Waals surface area contributed by atoms with E-state index in [2.05, 4.69) is 15.3 Å². The summed E-state index contributed by atoms with van der Waals surface area (Å²) in [6.45, 7) is 3.99. The molecule has 4 aromatic rings. The van der Waals surface area contributed by atoms with Crippen LogP contribution in [0.25, 0.3) is 10.2 Å². The maximum atomic E-state index is 12.7. The first-order valence-corrected chi connectivity index (χ1v) is 9.86. The number of aromatic hydroxyl groups is 1. The number of esters is 1. The van der Waals surface area contributed by atoms with Crippen molar-refractivity contribution in [3.63, 3.8) is 0 Å². The van der Waals surface area contributed by atoms with Crippen molar-refractivity contribution in [2.45, 2.75) is 20.5 Å². The molecule has 0 spiro atoms. The van der Waals surface area contributed by atoms with Crippen LogP contribution >= 0.6 is 11.3 Å². The molecular formula is C22H19N3O3S. The average molecular weight is 405 g/mol. The highest BCUT2D eigenvalue weighted by molar-refractivity contribution is 7.20. The minimum Gasteiger partial charge on any atom is -0.508 e. The Morgan fingerprint density at radius 3 is 2.69 bits per heavy atom. The predicted molar refractivity (Wildman–Crippen MR) is 114 cm³/mol. The lowest BCUT2D eigenvalue weighted by Crippen LogP contribution is -2.04. The molecule has 0 bridgehead atoms. The summed E-state index contributed by atoms with van der Waals surface area (Å²) in [6, 6.07) is 14.6. The number of phenols is 1. The van der Waals surface area contributed by atoms with E-state index in [0.29, 0.717) is 15.5 Å². The van der Waals surface area contributed by atoms with Crippen molar-refractivity contribution in [2.24, 2.45) is 0 Å². The normalized spacial score (nSPS) is 10.8. The monoisotopic (exact) mass is 405 g/mol. The van der Waals surface area contributed by atoms with Crippen LogP contribution in [0.15, 0.2) is 54.9 Å². The summed E-state index contributed by atoms with van der Waals surface area (Å²) in [4.78, 5) is 22.6.